The monoisotopic (exact) mass is 538 g/mol. The van der Waals surface area contributed by atoms with Gasteiger partial charge in [-0.1, -0.05) is 6.07 Å². The number of hydrogen-bond acceptors (Lipinski definition) is 5. The zero-order chi connectivity index (χ0) is 26.8. The van der Waals surface area contributed by atoms with E-state index in [0.717, 1.165) is 30.8 Å². The third-order valence-electron chi connectivity index (χ3n) is 6.40. The molecule has 2 aliphatic heterocycles. The number of fused-ring (bicyclic) bond motifs is 3. The number of ether oxygens (including phenoxy) is 1. The number of imidazole rings is 1. The molecule has 13 heteroatoms. The van der Waals surface area contributed by atoms with Gasteiger partial charge in [-0.2, -0.15) is 0 Å². The average Bonchev–Trinajstić information content (AvgIpc) is 3.52. The molecule has 198 valence electrons. The maximum atomic E-state index is 13.0. The Bertz CT molecular complexity index is 1260. The molecular weight excluding hydrogens is 511 g/mol. The van der Waals surface area contributed by atoms with Gasteiger partial charge in [-0.25, -0.2) is 13.9 Å². The maximum Gasteiger partial charge on any atom is 0.673 e. The van der Waals surface area contributed by atoms with Crippen molar-refractivity contribution in [2.75, 3.05) is 16.4 Å². The number of piperidine rings is 1. The van der Waals surface area contributed by atoms with Crippen molar-refractivity contribution in [1.29, 1.82) is 0 Å². The minimum Gasteiger partial charge on any atom is -0.458 e. The van der Waals surface area contributed by atoms with Crippen molar-refractivity contribution in [2.24, 2.45) is 7.05 Å². The van der Waals surface area contributed by atoms with Crippen molar-refractivity contribution in [2.45, 2.75) is 44.9 Å². The summed E-state index contributed by atoms with van der Waals surface area (Å²) in [5.74, 6) is -0.258. The fraction of sp³-hybridized carbons (Fsp3) is 0.375. The van der Waals surface area contributed by atoms with E-state index >= 15 is 0 Å². The van der Waals surface area contributed by atoms with E-state index in [4.69, 9.17) is 4.74 Å². The number of aryl methyl sites for hydroxylation is 1. The number of halogens is 4. The average molecular weight is 538 g/mol. The van der Waals surface area contributed by atoms with E-state index in [1.54, 1.807) is 11.3 Å². The molecule has 7 nitrogen and oxygen atoms in total. The van der Waals surface area contributed by atoms with Crippen molar-refractivity contribution in [3.05, 3.63) is 64.9 Å². The molecular formula is C24H27BF4N4O3S. The minimum atomic E-state index is -6.00. The largest absolute Gasteiger partial charge is 0.673 e. The Hall–Kier alpha value is -3.35. The number of carbonyl (C=O) groups is 2. The molecule has 0 spiro atoms. The summed E-state index contributed by atoms with van der Waals surface area (Å²) < 4.78 is 48.4. The molecule has 1 aromatic carbocycles. The molecule has 1 unspecified atom stereocenters. The molecule has 2 aliphatic rings. The number of hydrogen-bond donors (Lipinski definition) is 0. The highest BCUT2D eigenvalue weighted by Crippen LogP contribution is 2.50. The molecule has 4 heterocycles. The number of thiophene rings is 1. The van der Waals surface area contributed by atoms with Crippen LogP contribution in [0.3, 0.4) is 0 Å². The highest BCUT2D eigenvalue weighted by atomic mass is 32.1. The summed E-state index contributed by atoms with van der Waals surface area (Å²) in [5.41, 5.74) is 1.85. The number of nitrogens with zero attached hydrogens (tertiary/aromatic N) is 4. The minimum absolute atomic E-state index is 0.111. The lowest BCUT2D eigenvalue weighted by molar-refractivity contribution is -0.671. The Morgan fingerprint density at radius 1 is 1.22 bits per heavy atom. The summed E-state index contributed by atoms with van der Waals surface area (Å²) in [6, 6.07) is 9.77. The Morgan fingerprint density at radius 2 is 1.97 bits per heavy atom. The van der Waals surface area contributed by atoms with Gasteiger partial charge in [0.1, 0.15) is 31.2 Å². The lowest BCUT2D eigenvalue weighted by atomic mass is 9.96. The van der Waals surface area contributed by atoms with Crippen LogP contribution in [0.2, 0.25) is 0 Å². The number of amides is 1. The predicted molar refractivity (Wildman–Crippen MR) is 133 cm³/mol. The van der Waals surface area contributed by atoms with Crippen molar-refractivity contribution in [3.63, 3.8) is 0 Å². The van der Waals surface area contributed by atoms with Gasteiger partial charge in [0, 0.05) is 11.3 Å². The van der Waals surface area contributed by atoms with Crippen LogP contribution in [-0.4, -0.2) is 36.0 Å². The van der Waals surface area contributed by atoms with E-state index in [-0.39, 0.29) is 18.5 Å². The van der Waals surface area contributed by atoms with Crippen LogP contribution >= 0.6 is 11.3 Å². The van der Waals surface area contributed by atoms with Gasteiger partial charge in [0.15, 0.2) is 0 Å². The van der Waals surface area contributed by atoms with E-state index in [1.807, 2.05) is 58.0 Å². The van der Waals surface area contributed by atoms with Crippen LogP contribution in [0.25, 0.3) is 0 Å². The van der Waals surface area contributed by atoms with Crippen molar-refractivity contribution in [1.82, 2.24) is 4.57 Å². The second-order valence-corrected chi connectivity index (χ2v) is 10.1. The predicted octanol–water partition coefficient (Wildman–Crippen LogP) is 4.78. The summed E-state index contributed by atoms with van der Waals surface area (Å²) in [6.07, 6.45) is 8.11. The summed E-state index contributed by atoms with van der Waals surface area (Å²) in [7, 11) is -4.05. The molecule has 1 amide bonds. The maximum absolute atomic E-state index is 13.0. The van der Waals surface area contributed by atoms with E-state index in [2.05, 4.69) is 29.3 Å². The highest BCUT2D eigenvalue weighted by molar-refractivity contribution is 7.09. The third kappa shape index (κ3) is 6.15. The van der Waals surface area contributed by atoms with E-state index in [0.29, 0.717) is 18.5 Å². The van der Waals surface area contributed by atoms with Gasteiger partial charge in [-0.3, -0.25) is 9.69 Å². The molecule has 0 saturated carbocycles. The number of carbonyl (C=O) groups excluding carboxylic acids is 2. The van der Waals surface area contributed by atoms with Gasteiger partial charge >= 0.3 is 13.2 Å². The van der Waals surface area contributed by atoms with E-state index in [9.17, 15) is 26.9 Å². The molecule has 2 aromatic heterocycles. The molecule has 37 heavy (non-hydrogen) atoms. The summed E-state index contributed by atoms with van der Waals surface area (Å²) in [4.78, 5) is 31.2. The fourth-order valence-electron chi connectivity index (χ4n) is 4.81. The molecule has 3 aromatic rings. The first-order valence-corrected chi connectivity index (χ1v) is 12.7. The van der Waals surface area contributed by atoms with Gasteiger partial charge in [0.05, 0.1) is 30.5 Å². The topological polar surface area (TPSA) is 58.7 Å². The zero-order valence-corrected chi connectivity index (χ0v) is 21.3. The summed E-state index contributed by atoms with van der Waals surface area (Å²) >= 11 is 1.72. The van der Waals surface area contributed by atoms with Crippen molar-refractivity contribution in [3.8, 4) is 0 Å². The molecule has 5 rings (SSSR count). The molecule has 1 fully saturated rings. The zero-order valence-electron chi connectivity index (χ0n) is 20.4. The highest BCUT2D eigenvalue weighted by Gasteiger charge is 2.50. The second kappa shape index (κ2) is 10.6. The summed E-state index contributed by atoms with van der Waals surface area (Å²) in [6.45, 7) is 3.75. The lowest BCUT2D eigenvalue weighted by Gasteiger charge is -2.45. The number of esters is 1. The van der Waals surface area contributed by atoms with Gasteiger partial charge < -0.3 is 26.9 Å². The van der Waals surface area contributed by atoms with E-state index < -0.39 is 12.9 Å². The first kappa shape index (κ1) is 26.7. The van der Waals surface area contributed by atoms with Crippen molar-refractivity contribution >= 4 is 41.8 Å². The molecule has 1 saturated heterocycles. The second-order valence-electron chi connectivity index (χ2n) is 9.12. The number of anilines is 2. The van der Waals surface area contributed by atoms with E-state index in [1.165, 1.54) is 4.88 Å². The number of aromatic nitrogens is 2. The quantitative estimate of drug-likeness (QED) is 0.196. The Morgan fingerprint density at radius 3 is 2.62 bits per heavy atom. The first-order chi connectivity index (χ1) is 17.5. The first-order valence-electron chi connectivity index (χ1n) is 11.8. The van der Waals surface area contributed by atoms with Crippen LogP contribution in [0, 0.1) is 0 Å². The van der Waals surface area contributed by atoms with Crippen LogP contribution in [-0.2, 0) is 29.7 Å². The van der Waals surface area contributed by atoms with Gasteiger partial charge in [0.25, 0.3) is 0 Å². The summed E-state index contributed by atoms with van der Waals surface area (Å²) in [5, 5.41) is 2.07. The molecule has 0 N–H and O–H groups in total. The van der Waals surface area contributed by atoms with Crippen LogP contribution in [0.15, 0.2) is 54.4 Å². The standard InChI is InChI=1S/C24H27N4O3S.BF4/c1-24-9-3-6-22(29)28(24)21-15-18(23(30)31-13-12-26-11-10-25(2)17-26)7-8-20(21)27(24)16-19-5-4-14-32-19;2-1(3,4)5/h4-5,7-8,10-11,14-15,17H,3,6,9,12-13,16H2,1-2H3;/q+1;-1. The van der Waals surface area contributed by atoms with Crippen LogP contribution in [0.5, 0.6) is 0 Å². The third-order valence-corrected chi connectivity index (χ3v) is 7.26. The smallest absolute Gasteiger partial charge is 0.458 e. The fourth-order valence-corrected chi connectivity index (χ4v) is 5.50. The lowest BCUT2D eigenvalue weighted by Crippen LogP contribution is -2.59. The normalized spacial score (nSPS) is 18.7. The molecule has 0 radical (unpaired) electrons. The van der Waals surface area contributed by atoms with Gasteiger partial charge in [0.2, 0.25) is 12.2 Å². The number of rotatable bonds is 6. The van der Waals surface area contributed by atoms with Crippen LogP contribution in [0.4, 0.5) is 28.6 Å². The Balaban J connectivity index is 0.000000586. The van der Waals surface area contributed by atoms with Gasteiger partial charge in [-0.05, 0) is 49.4 Å². The van der Waals surface area contributed by atoms with Crippen LogP contribution < -0.4 is 14.4 Å². The Labute approximate surface area is 216 Å². The Kier molecular flexibility index (Phi) is 7.63. The number of benzene rings is 1. The molecule has 0 bridgehead atoms. The van der Waals surface area contributed by atoms with Gasteiger partial charge in [-0.15, -0.1) is 11.3 Å². The van der Waals surface area contributed by atoms with Crippen LogP contribution in [0.1, 0.15) is 41.4 Å². The van der Waals surface area contributed by atoms with Crippen molar-refractivity contribution < 1.29 is 36.2 Å². The SMILES string of the molecule is C[n+]1ccn(CCOC(=O)c2ccc3c(c2)N2C(=O)CCCC2(C)N3Cc2cccs2)c1.F[B-](F)(F)F. The molecule has 0 aliphatic carbocycles. The molecule has 1 atom stereocenters.